The Labute approximate surface area is 160 Å². The van der Waals surface area contributed by atoms with E-state index in [0.717, 1.165) is 25.9 Å². The fourth-order valence-electron chi connectivity index (χ4n) is 3.56. The molecule has 1 atom stereocenters. The quantitative estimate of drug-likeness (QED) is 0.848. The average Bonchev–Trinajstić information content (AvgIpc) is 3.10. The first-order valence-corrected chi connectivity index (χ1v) is 9.81. The first kappa shape index (κ1) is 19.6. The Kier molecular flexibility index (Phi) is 7.06. The zero-order chi connectivity index (χ0) is 19.1. The van der Waals surface area contributed by atoms with E-state index in [1.807, 2.05) is 4.90 Å². The highest BCUT2D eigenvalue weighted by Crippen LogP contribution is 2.17. The van der Waals surface area contributed by atoms with Crippen molar-refractivity contribution in [2.45, 2.75) is 25.7 Å². The summed E-state index contributed by atoms with van der Waals surface area (Å²) in [5.41, 5.74) is 1.20. The van der Waals surface area contributed by atoms with Crippen molar-refractivity contribution in [2.24, 2.45) is 5.92 Å². The third-order valence-corrected chi connectivity index (χ3v) is 5.14. The van der Waals surface area contributed by atoms with Gasteiger partial charge in [0, 0.05) is 50.0 Å². The van der Waals surface area contributed by atoms with E-state index in [9.17, 15) is 14.7 Å². The van der Waals surface area contributed by atoms with Gasteiger partial charge in [-0.3, -0.25) is 4.79 Å². The van der Waals surface area contributed by atoms with Gasteiger partial charge in [-0.1, -0.05) is 18.9 Å². The Balaban J connectivity index is 1.64. The smallest absolute Gasteiger partial charge is 0.321 e. The minimum Gasteiger partial charge on any atom is -0.396 e. The number of benzene rings is 1. The number of ether oxygens (including phenoxy) is 1. The zero-order valence-corrected chi connectivity index (χ0v) is 15.7. The molecule has 2 aliphatic rings. The molecule has 2 fully saturated rings. The van der Waals surface area contributed by atoms with E-state index < -0.39 is 0 Å². The number of nitrogens with one attached hydrogen (secondary N) is 1. The number of rotatable bonds is 3. The van der Waals surface area contributed by atoms with E-state index in [2.05, 4.69) is 5.32 Å². The SMILES string of the molecule is O=C(Nc1cccc(C(=O)N2CCCCCC2)c1)N1CCOC[C@H](CO)C1. The summed E-state index contributed by atoms with van der Waals surface area (Å²) in [6.45, 7) is 3.43. The minimum absolute atomic E-state index is 0.0103. The molecule has 0 aliphatic carbocycles. The van der Waals surface area contributed by atoms with E-state index >= 15 is 0 Å². The van der Waals surface area contributed by atoms with E-state index in [-0.39, 0.29) is 24.5 Å². The molecule has 0 unspecified atom stereocenters. The molecule has 2 aliphatic heterocycles. The Morgan fingerprint density at radius 1 is 1.11 bits per heavy atom. The number of hydrogen-bond acceptors (Lipinski definition) is 4. The van der Waals surface area contributed by atoms with Crippen LogP contribution in [0.3, 0.4) is 0 Å². The van der Waals surface area contributed by atoms with Gasteiger partial charge in [-0.25, -0.2) is 4.79 Å². The summed E-state index contributed by atoms with van der Waals surface area (Å²) < 4.78 is 5.42. The zero-order valence-electron chi connectivity index (χ0n) is 15.7. The summed E-state index contributed by atoms with van der Waals surface area (Å²) in [4.78, 5) is 28.9. The lowest BCUT2D eigenvalue weighted by atomic mass is 10.1. The average molecular weight is 375 g/mol. The van der Waals surface area contributed by atoms with E-state index in [1.165, 1.54) is 12.8 Å². The lowest BCUT2D eigenvalue weighted by Crippen LogP contribution is -2.39. The van der Waals surface area contributed by atoms with Gasteiger partial charge < -0.3 is 25.0 Å². The fraction of sp³-hybridized carbons (Fsp3) is 0.600. The largest absolute Gasteiger partial charge is 0.396 e. The summed E-state index contributed by atoms with van der Waals surface area (Å²) in [6.07, 6.45) is 4.44. The highest BCUT2D eigenvalue weighted by atomic mass is 16.5. The number of carbonyl (C=O) groups is 2. The van der Waals surface area contributed by atoms with Crippen molar-refractivity contribution < 1.29 is 19.4 Å². The van der Waals surface area contributed by atoms with E-state index in [1.54, 1.807) is 29.2 Å². The monoisotopic (exact) mass is 375 g/mol. The van der Waals surface area contributed by atoms with Crippen LogP contribution in [0, 0.1) is 5.92 Å². The second-order valence-electron chi connectivity index (χ2n) is 7.29. The number of aliphatic hydroxyl groups excluding tert-OH is 1. The van der Waals surface area contributed by atoms with E-state index in [4.69, 9.17) is 4.74 Å². The van der Waals surface area contributed by atoms with Crippen LogP contribution >= 0.6 is 0 Å². The lowest BCUT2D eigenvalue weighted by Gasteiger charge is -2.23. The maximum Gasteiger partial charge on any atom is 0.321 e. The van der Waals surface area contributed by atoms with Crippen LogP contribution in [0.1, 0.15) is 36.0 Å². The van der Waals surface area contributed by atoms with Crippen LogP contribution in [-0.4, -0.2) is 72.8 Å². The second-order valence-corrected chi connectivity index (χ2v) is 7.29. The van der Waals surface area contributed by atoms with Crippen LogP contribution in [0.5, 0.6) is 0 Å². The number of urea groups is 1. The molecule has 0 bridgehead atoms. The number of amides is 3. The van der Waals surface area contributed by atoms with E-state index in [0.29, 0.717) is 37.6 Å². The van der Waals surface area contributed by atoms with Crippen molar-refractivity contribution in [3.8, 4) is 0 Å². The van der Waals surface area contributed by atoms with Gasteiger partial charge in [0.1, 0.15) is 0 Å². The standard InChI is InChI=1S/C20H29N3O4/c24-14-16-13-23(10-11-27-15-16)20(26)21-18-7-5-6-17(12-18)19(25)22-8-3-1-2-4-9-22/h5-7,12,16,24H,1-4,8-11,13-15H2,(H,21,26)/t16-/m0/s1. The highest BCUT2D eigenvalue weighted by molar-refractivity contribution is 5.97. The maximum absolute atomic E-state index is 12.8. The summed E-state index contributed by atoms with van der Waals surface area (Å²) >= 11 is 0. The Morgan fingerprint density at radius 3 is 2.63 bits per heavy atom. The van der Waals surface area contributed by atoms with Crippen LogP contribution in [-0.2, 0) is 4.74 Å². The molecule has 148 valence electrons. The third kappa shape index (κ3) is 5.43. The van der Waals surface area contributed by atoms with Crippen molar-refractivity contribution in [3.63, 3.8) is 0 Å². The second kappa shape index (κ2) is 9.71. The molecule has 3 amide bonds. The molecule has 3 rings (SSSR count). The number of likely N-dealkylation sites (tertiary alicyclic amines) is 1. The van der Waals surface area contributed by atoms with Crippen LogP contribution < -0.4 is 5.32 Å². The number of carbonyl (C=O) groups excluding carboxylic acids is 2. The molecule has 0 saturated carbocycles. The number of anilines is 1. The number of hydrogen-bond donors (Lipinski definition) is 2. The molecular formula is C20H29N3O4. The van der Waals surface area contributed by atoms with Gasteiger partial charge in [-0.2, -0.15) is 0 Å². The molecule has 2 heterocycles. The molecular weight excluding hydrogens is 346 g/mol. The van der Waals surface area contributed by atoms with Gasteiger partial charge >= 0.3 is 6.03 Å². The number of nitrogens with zero attached hydrogens (tertiary/aromatic N) is 2. The Bertz CT molecular complexity index is 644. The summed E-state index contributed by atoms with van der Waals surface area (Å²) in [5.74, 6) is -0.0503. The Morgan fingerprint density at radius 2 is 1.89 bits per heavy atom. The van der Waals surface area contributed by atoms with Gasteiger partial charge in [-0.15, -0.1) is 0 Å². The van der Waals surface area contributed by atoms with Gasteiger partial charge in [0.2, 0.25) is 0 Å². The first-order chi connectivity index (χ1) is 13.2. The number of aliphatic hydroxyl groups is 1. The third-order valence-electron chi connectivity index (χ3n) is 5.14. The first-order valence-electron chi connectivity index (χ1n) is 9.81. The van der Waals surface area contributed by atoms with Gasteiger partial charge in [0.15, 0.2) is 0 Å². The van der Waals surface area contributed by atoms with Gasteiger partial charge in [-0.05, 0) is 31.0 Å². The maximum atomic E-state index is 12.8. The summed E-state index contributed by atoms with van der Waals surface area (Å²) in [6, 6.07) is 6.88. The predicted octanol–water partition coefficient (Wildman–Crippen LogP) is 2.18. The van der Waals surface area contributed by atoms with Gasteiger partial charge in [0.05, 0.1) is 13.2 Å². The minimum atomic E-state index is -0.238. The van der Waals surface area contributed by atoms with Crippen LogP contribution in [0.2, 0.25) is 0 Å². The molecule has 7 nitrogen and oxygen atoms in total. The van der Waals surface area contributed by atoms with Crippen molar-refractivity contribution in [1.29, 1.82) is 0 Å². The van der Waals surface area contributed by atoms with Crippen molar-refractivity contribution in [1.82, 2.24) is 9.80 Å². The molecule has 1 aromatic rings. The molecule has 0 radical (unpaired) electrons. The Hall–Kier alpha value is -2.12. The topological polar surface area (TPSA) is 82.1 Å². The predicted molar refractivity (Wildman–Crippen MR) is 103 cm³/mol. The summed E-state index contributed by atoms with van der Waals surface area (Å²) in [5, 5.41) is 12.2. The van der Waals surface area contributed by atoms with Crippen molar-refractivity contribution in [3.05, 3.63) is 29.8 Å². The highest BCUT2D eigenvalue weighted by Gasteiger charge is 2.23. The molecule has 0 spiro atoms. The van der Waals surface area contributed by atoms with Crippen LogP contribution in [0.15, 0.2) is 24.3 Å². The van der Waals surface area contributed by atoms with Crippen LogP contribution in [0.25, 0.3) is 0 Å². The molecule has 27 heavy (non-hydrogen) atoms. The molecule has 2 N–H and O–H groups in total. The van der Waals surface area contributed by atoms with Crippen LogP contribution in [0.4, 0.5) is 10.5 Å². The molecule has 0 aromatic heterocycles. The van der Waals surface area contributed by atoms with Crippen molar-refractivity contribution >= 4 is 17.6 Å². The van der Waals surface area contributed by atoms with Crippen molar-refractivity contribution in [2.75, 3.05) is 51.3 Å². The fourth-order valence-corrected chi connectivity index (χ4v) is 3.56. The van der Waals surface area contributed by atoms with Gasteiger partial charge in [0.25, 0.3) is 5.91 Å². The lowest BCUT2D eigenvalue weighted by molar-refractivity contribution is 0.0761. The molecule has 2 saturated heterocycles. The summed E-state index contributed by atoms with van der Waals surface area (Å²) in [7, 11) is 0. The molecule has 1 aromatic carbocycles. The molecule has 7 heteroatoms. The normalized spacial score (nSPS) is 21.3.